The van der Waals surface area contributed by atoms with Crippen molar-refractivity contribution in [3.63, 3.8) is 0 Å². The largest absolute Gasteiger partial charge is 0.354 e. The summed E-state index contributed by atoms with van der Waals surface area (Å²) in [5, 5.41) is 8.24. The SMILES string of the molecule is CNC(C)(C)C/C=C/C(=O)N(C)C(Cc1ccc(-c2ccccc2)cc1)C(=O)N(C)C(Cc1cccs1)C(=O)NCCc1ccncc1. The predicted molar refractivity (Wildman–Crippen MR) is 195 cm³/mol. The van der Waals surface area contributed by atoms with Crippen molar-refractivity contribution >= 4 is 29.1 Å². The number of amides is 3. The van der Waals surface area contributed by atoms with E-state index in [2.05, 4.69) is 41.6 Å². The van der Waals surface area contributed by atoms with Gasteiger partial charge >= 0.3 is 0 Å². The van der Waals surface area contributed by atoms with E-state index in [9.17, 15) is 14.4 Å². The first kappa shape index (κ1) is 36.2. The molecule has 4 rings (SSSR count). The van der Waals surface area contributed by atoms with Gasteiger partial charge in [0.1, 0.15) is 12.1 Å². The molecule has 48 heavy (non-hydrogen) atoms. The molecular weight excluding hydrogens is 619 g/mol. The first-order chi connectivity index (χ1) is 23.1. The Morgan fingerprint density at radius 3 is 2.17 bits per heavy atom. The van der Waals surface area contributed by atoms with E-state index in [4.69, 9.17) is 0 Å². The number of benzene rings is 2. The molecule has 2 atom stereocenters. The number of hydrogen-bond donors (Lipinski definition) is 2. The average Bonchev–Trinajstić information content (AvgIpc) is 3.63. The third-order valence-corrected chi connectivity index (χ3v) is 9.61. The van der Waals surface area contributed by atoms with Crippen molar-refractivity contribution < 1.29 is 14.4 Å². The van der Waals surface area contributed by atoms with Crippen molar-refractivity contribution in [2.75, 3.05) is 27.7 Å². The average molecular weight is 666 g/mol. The van der Waals surface area contributed by atoms with E-state index in [0.29, 0.717) is 32.2 Å². The quantitative estimate of drug-likeness (QED) is 0.153. The highest BCUT2D eigenvalue weighted by atomic mass is 32.1. The molecular formula is C39H47N5O3S. The number of carbonyl (C=O) groups excluding carboxylic acids is 3. The van der Waals surface area contributed by atoms with Gasteiger partial charge in [-0.1, -0.05) is 66.7 Å². The number of hydrogen-bond acceptors (Lipinski definition) is 6. The molecule has 2 N–H and O–H groups in total. The summed E-state index contributed by atoms with van der Waals surface area (Å²) in [6, 6.07) is 24.3. The summed E-state index contributed by atoms with van der Waals surface area (Å²) in [6.07, 6.45) is 8.79. The first-order valence-corrected chi connectivity index (χ1v) is 17.2. The van der Waals surface area contributed by atoms with Crippen LogP contribution in [0.5, 0.6) is 0 Å². The van der Waals surface area contributed by atoms with Crippen LogP contribution < -0.4 is 10.6 Å². The van der Waals surface area contributed by atoms with Gasteiger partial charge in [-0.25, -0.2) is 0 Å². The molecule has 0 saturated heterocycles. The highest BCUT2D eigenvalue weighted by molar-refractivity contribution is 7.09. The number of carbonyl (C=O) groups is 3. The number of nitrogens with one attached hydrogen (secondary N) is 2. The molecule has 0 aliphatic rings. The van der Waals surface area contributed by atoms with E-state index in [1.807, 2.05) is 85.2 Å². The molecule has 8 nitrogen and oxygen atoms in total. The molecule has 3 amide bonds. The van der Waals surface area contributed by atoms with Crippen LogP contribution in [0.3, 0.4) is 0 Å². The maximum atomic E-state index is 14.4. The fourth-order valence-corrected chi connectivity index (χ4v) is 6.06. The van der Waals surface area contributed by atoms with Crippen molar-refractivity contribution in [1.82, 2.24) is 25.4 Å². The van der Waals surface area contributed by atoms with Crippen molar-refractivity contribution in [2.45, 2.75) is 57.2 Å². The van der Waals surface area contributed by atoms with Gasteiger partial charge in [0.05, 0.1) is 0 Å². The Morgan fingerprint density at radius 1 is 0.833 bits per heavy atom. The van der Waals surface area contributed by atoms with Gasteiger partial charge in [-0.2, -0.15) is 0 Å². The monoisotopic (exact) mass is 665 g/mol. The number of likely N-dealkylation sites (N-methyl/N-ethyl adjacent to an activating group) is 2. The zero-order valence-electron chi connectivity index (χ0n) is 28.6. The number of nitrogens with zero attached hydrogens (tertiary/aromatic N) is 3. The zero-order chi connectivity index (χ0) is 34.5. The van der Waals surface area contributed by atoms with Gasteiger partial charge in [0.15, 0.2) is 0 Å². The van der Waals surface area contributed by atoms with Gasteiger partial charge < -0.3 is 20.4 Å². The molecule has 0 aliphatic carbocycles. The normalized spacial score (nSPS) is 12.8. The van der Waals surface area contributed by atoms with E-state index < -0.39 is 12.1 Å². The van der Waals surface area contributed by atoms with Crippen LogP contribution in [0, 0.1) is 0 Å². The van der Waals surface area contributed by atoms with Gasteiger partial charge in [-0.15, -0.1) is 11.3 Å². The summed E-state index contributed by atoms with van der Waals surface area (Å²) in [5.41, 5.74) is 3.97. The molecule has 0 saturated carbocycles. The lowest BCUT2D eigenvalue weighted by atomic mass is 9.98. The second-order valence-corrected chi connectivity index (χ2v) is 13.6. The lowest BCUT2D eigenvalue weighted by Gasteiger charge is -2.34. The van der Waals surface area contributed by atoms with Gasteiger partial charge in [0.2, 0.25) is 17.7 Å². The second-order valence-electron chi connectivity index (χ2n) is 12.6. The van der Waals surface area contributed by atoms with E-state index in [0.717, 1.165) is 27.1 Å². The molecule has 9 heteroatoms. The van der Waals surface area contributed by atoms with Crippen molar-refractivity contribution in [1.29, 1.82) is 0 Å². The van der Waals surface area contributed by atoms with Crippen LogP contribution in [0.4, 0.5) is 0 Å². The number of pyridine rings is 1. The Morgan fingerprint density at radius 2 is 1.52 bits per heavy atom. The summed E-state index contributed by atoms with van der Waals surface area (Å²) < 4.78 is 0. The second kappa shape index (κ2) is 17.5. The Labute approximate surface area is 288 Å². The summed E-state index contributed by atoms with van der Waals surface area (Å²) in [4.78, 5) is 49.7. The standard InChI is InChI=1S/C39H47N5O3S/c1-39(2,40-3)22-9-14-36(45)43(4)35(27-30-15-17-32(18-16-30)31-11-7-6-8-12-31)38(47)44(5)34(28-33-13-10-26-48-33)37(46)42-25-21-29-19-23-41-24-20-29/h6-20,23-24,26,34-35,40H,21-22,25,27-28H2,1-5H3,(H,42,46)/b14-9+. The Bertz CT molecular complexity index is 1620. The van der Waals surface area contributed by atoms with Crippen LogP contribution in [0.2, 0.25) is 0 Å². The van der Waals surface area contributed by atoms with Crippen LogP contribution in [0.25, 0.3) is 11.1 Å². The zero-order valence-corrected chi connectivity index (χ0v) is 29.4. The first-order valence-electron chi connectivity index (χ1n) is 16.3. The Kier molecular flexibility index (Phi) is 13.2. The molecule has 0 fully saturated rings. The van der Waals surface area contributed by atoms with Crippen molar-refractivity contribution in [3.8, 4) is 11.1 Å². The molecule has 0 spiro atoms. The molecule has 2 unspecified atom stereocenters. The maximum absolute atomic E-state index is 14.4. The summed E-state index contributed by atoms with van der Waals surface area (Å²) in [6.45, 7) is 4.54. The lowest BCUT2D eigenvalue weighted by Crippen LogP contribution is -2.56. The fraction of sp³-hybridized carbons (Fsp3) is 0.333. The van der Waals surface area contributed by atoms with E-state index in [-0.39, 0.29) is 23.3 Å². The van der Waals surface area contributed by atoms with Crippen LogP contribution >= 0.6 is 11.3 Å². The minimum Gasteiger partial charge on any atom is -0.354 e. The molecule has 0 radical (unpaired) electrons. The minimum absolute atomic E-state index is 0.176. The Balaban J connectivity index is 1.57. The van der Waals surface area contributed by atoms with E-state index >= 15 is 0 Å². The van der Waals surface area contributed by atoms with Gasteiger partial charge in [-0.05, 0) is 85.6 Å². The number of thiophene rings is 1. The van der Waals surface area contributed by atoms with Crippen LogP contribution in [0.1, 0.15) is 36.3 Å². The summed E-state index contributed by atoms with van der Waals surface area (Å²) >= 11 is 1.55. The third-order valence-electron chi connectivity index (χ3n) is 8.71. The van der Waals surface area contributed by atoms with Crippen molar-refractivity contribution in [3.05, 3.63) is 125 Å². The molecule has 2 heterocycles. The molecule has 0 bridgehead atoms. The summed E-state index contributed by atoms with van der Waals surface area (Å²) in [7, 11) is 5.21. The van der Waals surface area contributed by atoms with Gasteiger partial charge in [0, 0.05) is 56.3 Å². The fourth-order valence-electron chi connectivity index (χ4n) is 5.32. The van der Waals surface area contributed by atoms with E-state index in [1.54, 1.807) is 37.8 Å². The topological polar surface area (TPSA) is 94.6 Å². The molecule has 2 aromatic heterocycles. The van der Waals surface area contributed by atoms with E-state index in [1.165, 1.54) is 15.9 Å². The highest BCUT2D eigenvalue weighted by Gasteiger charge is 2.35. The van der Waals surface area contributed by atoms with Crippen LogP contribution in [-0.2, 0) is 33.6 Å². The molecule has 2 aromatic carbocycles. The Hall–Kier alpha value is -4.60. The third kappa shape index (κ3) is 10.5. The van der Waals surface area contributed by atoms with Crippen LogP contribution in [-0.4, -0.2) is 77.8 Å². The maximum Gasteiger partial charge on any atom is 0.246 e. The van der Waals surface area contributed by atoms with Gasteiger partial charge in [-0.3, -0.25) is 19.4 Å². The van der Waals surface area contributed by atoms with Crippen molar-refractivity contribution in [2.24, 2.45) is 0 Å². The van der Waals surface area contributed by atoms with Crippen LogP contribution in [0.15, 0.2) is 109 Å². The predicted octanol–water partition coefficient (Wildman–Crippen LogP) is 5.55. The lowest BCUT2D eigenvalue weighted by molar-refractivity contribution is -0.146. The molecule has 252 valence electrons. The number of aromatic nitrogens is 1. The molecule has 4 aromatic rings. The van der Waals surface area contributed by atoms with Gasteiger partial charge in [0.25, 0.3) is 0 Å². The molecule has 0 aliphatic heterocycles. The highest BCUT2D eigenvalue weighted by Crippen LogP contribution is 2.22. The number of rotatable bonds is 16. The summed E-state index contributed by atoms with van der Waals surface area (Å²) in [5.74, 6) is -0.804. The minimum atomic E-state index is -0.831. The smallest absolute Gasteiger partial charge is 0.246 e.